The summed E-state index contributed by atoms with van der Waals surface area (Å²) >= 11 is 3.39. The maximum absolute atomic E-state index is 12.2. The van der Waals surface area contributed by atoms with Gasteiger partial charge in [0, 0.05) is 42.3 Å². The average molecular weight is 367 g/mol. The van der Waals surface area contributed by atoms with Crippen LogP contribution in [0.4, 0.5) is 0 Å². The Morgan fingerprint density at radius 2 is 1.95 bits per heavy atom. The van der Waals surface area contributed by atoms with Gasteiger partial charge in [0.15, 0.2) is 0 Å². The third kappa shape index (κ3) is 4.31. The Bertz CT molecular complexity index is 492. The molecule has 1 aromatic carbocycles. The van der Waals surface area contributed by atoms with Gasteiger partial charge in [-0.3, -0.25) is 4.79 Å². The van der Waals surface area contributed by atoms with Gasteiger partial charge in [0.05, 0.1) is 6.61 Å². The van der Waals surface area contributed by atoms with Crippen LogP contribution in [-0.4, -0.2) is 49.7 Å². The van der Waals surface area contributed by atoms with Gasteiger partial charge in [0.25, 0.3) is 5.91 Å². The lowest BCUT2D eigenvalue weighted by molar-refractivity contribution is 0.0903. The molecule has 2 heterocycles. The third-order valence-electron chi connectivity index (χ3n) is 4.57. The zero-order valence-electron chi connectivity index (χ0n) is 12.8. The van der Waals surface area contributed by atoms with Crippen LogP contribution in [-0.2, 0) is 4.74 Å². The van der Waals surface area contributed by atoms with E-state index < -0.39 is 0 Å². The lowest BCUT2D eigenvalue weighted by atomic mass is 10.0. The summed E-state index contributed by atoms with van der Waals surface area (Å²) in [5.74, 6) is 0.740. The number of likely N-dealkylation sites (tertiary alicyclic amines) is 1. The number of halogens is 1. The fourth-order valence-electron chi connectivity index (χ4n) is 3.22. The van der Waals surface area contributed by atoms with E-state index in [1.54, 1.807) is 0 Å². The van der Waals surface area contributed by atoms with Crippen molar-refractivity contribution in [3.8, 4) is 0 Å². The van der Waals surface area contributed by atoms with Crippen LogP contribution < -0.4 is 5.32 Å². The Labute approximate surface area is 140 Å². The van der Waals surface area contributed by atoms with E-state index in [4.69, 9.17) is 4.74 Å². The van der Waals surface area contributed by atoms with Gasteiger partial charge in [-0.2, -0.15) is 0 Å². The Morgan fingerprint density at radius 1 is 1.23 bits per heavy atom. The summed E-state index contributed by atoms with van der Waals surface area (Å²) in [5, 5.41) is 3.16. The first-order valence-corrected chi connectivity index (χ1v) is 8.86. The zero-order valence-corrected chi connectivity index (χ0v) is 14.3. The van der Waals surface area contributed by atoms with E-state index in [9.17, 15) is 4.79 Å². The number of amides is 1. The molecular formula is C17H23BrN2O2. The number of benzene rings is 1. The van der Waals surface area contributed by atoms with Gasteiger partial charge in [-0.25, -0.2) is 0 Å². The molecule has 3 rings (SSSR count). The summed E-state index contributed by atoms with van der Waals surface area (Å²) in [6.45, 7) is 5.13. The predicted octanol–water partition coefficient (Wildman–Crippen LogP) is 2.68. The van der Waals surface area contributed by atoms with E-state index in [0.717, 1.165) is 55.7 Å². The second-order valence-corrected chi connectivity index (χ2v) is 7.20. The molecule has 1 N–H and O–H groups in total. The number of carbonyl (C=O) groups excluding carboxylic acids is 1. The molecule has 0 aliphatic carbocycles. The minimum atomic E-state index is 0.0372. The van der Waals surface area contributed by atoms with Crippen molar-refractivity contribution in [1.29, 1.82) is 0 Å². The van der Waals surface area contributed by atoms with Crippen LogP contribution in [0.3, 0.4) is 0 Å². The van der Waals surface area contributed by atoms with Crippen LogP contribution in [0.2, 0.25) is 0 Å². The smallest absolute Gasteiger partial charge is 0.251 e. The molecule has 0 bridgehead atoms. The molecular weight excluding hydrogens is 344 g/mol. The normalized spacial score (nSPS) is 23.6. The molecule has 22 heavy (non-hydrogen) atoms. The molecule has 5 heteroatoms. The van der Waals surface area contributed by atoms with Gasteiger partial charge in [-0.15, -0.1) is 0 Å². The second kappa shape index (κ2) is 7.57. The molecule has 4 nitrogen and oxygen atoms in total. The number of nitrogens with zero attached hydrogens (tertiary/aromatic N) is 1. The van der Waals surface area contributed by atoms with Crippen molar-refractivity contribution in [1.82, 2.24) is 10.2 Å². The molecule has 0 saturated carbocycles. The fraction of sp³-hybridized carbons (Fsp3) is 0.588. The summed E-state index contributed by atoms with van der Waals surface area (Å²) in [5.41, 5.74) is 0.730. The molecule has 1 amide bonds. The quantitative estimate of drug-likeness (QED) is 0.890. The van der Waals surface area contributed by atoms with E-state index in [1.807, 2.05) is 24.3 Å². The Hall–Kier alpha value is -0.910. The highest BCUT2D eigenvalue weighted by Crippen LogP contribution is 2.18. The number of ether oxygens (including phenoxy) is 1. The van der Waals surface area contributed by atoms with Gasteiger partial charge < -0.3 is 15.0 Å². The molecule has 0 aromatic heterocycles. The average Bonchev–Trinajstić information content (AvgIpc) is 3.03. The number of hydrogen-bond acceptors (Lipinski definition) is 3. The monoisotopic (exact) mass is 366 g/mol. The summed E-state index contributed by atoms with van der Waals surface area (Å²) in [4.78, 5) is 14.7. The van der Waals surface area contributed by atoms with Crippen molar-refractivity contribution in [2.75, 3.05) is 32.8 Å². The van der Waals surface area contributed by atoms with Gasteiger partial charge >= 0.3 is 0 Å². The van der Waals surface area contributed by atoms with Crippen molar-refractivity contribution in [2.45, 2.75) is 25.3 Å². The van der Waals surface area contributed by atoms with Gasteiger partial charge in [0.1, 0.15) is 0 Å². The van der Waals surface area contributed by atoms with Gasteiger partial charge in [0.2, 0.25) is 0 Å². The van der Waals surface area contributed by atoms with E-state index in [1.165, 1.54) is 6.42 Å². The topological polar surface area (TPSA) is 41.6 Å². The first kappa shape index (κ1) is 16.0. The summed E-state index contributed by atoms with van der Waals surface area (Å²) in [6.07, 6.45) is 3.27. The van der Waals surface area contributed by atoms with E-state index in [0.29, 0.717) is 12.0 Å². The first-order chi connectivity index (χ1) is 10.7. The fourth-order valence-corrected chi connectivity index (χ4v) is 3.49. The standard InChI is InChI=1S/C17H23BrN2O2/c18-15-3-1-14(2-4-15)17(21)19-16-5-8-20(9-6-16)11-13-7-10-22-12-13/h1-4,13,16H,5-12H2,(H,19,21). The SMILES string of the molecule is O=C(NC1CCN(CC2CCOC2)CC1)c1ccc(Br)cc1. The summed E-state index contributed by atoms with van der Waals surface area (Å²) in [6, 6.07) is 7.82. The molecule has 120 valence electrons. The van der Waals surface area contributed by atoms with Crippen molar-refractivity contribution < 1.29 is 9.53 Å². The minimum Gasteiger partial charge on any atom is -0.381 e. The van der Waals surface area contributed by atoms with Crippen molar-refractivity contribution >= 4 is 21.8 Å². The number of nitrogens with one attached hydrogen (secondary N) is 1. The molecule has 2 fully saturated rings. The molecule has 1 atom stereocenters. The van der Waals surface area contributed by atoms with Crippen LogP contribution in [0.15, 0.2) is 28.7 Å². The molecule has 1 unspecified atom stereocenters. The maximum atomic E-state index is 12.2. The Kier molecular flexibility index (Phi) is 5.50. The predicted molar refractivity (Wildman–Crippen MR) is 90.0 cm³/mol. The van der Waals surface area contributed by atoms with Crippen molar-refractivity contribution in [3.63, 3.8) is 0 Å². The van der Waals surface area contributed by atoms with Crippen LogP contribution in [0, 0.1) is 5.92 Å². The van der Waals surface area contributed by atoms with Crippen molar-refractivity contribution in [2.24, 2.45) is 5.92 Å². The first-order valence-electron chi connectivity index (χ1n) is 8.07. The number of hydrogen-bond donors (Lipinski definition) is 1. The van der Waals surface area contributed by atoms with Crippen LogP contribution >= 0.6 is 15.9 Å². The second-order valence-electron chi connectivity index (χ2n) is 6.28. The highest BCUT2D eigenvalue weighted by Gasteiger charge is 2.24. The van der Waals surface area contributed by atoms with E-state index in [2.05, 4.69) is 26.1 Å². The largest absolute Gasteiger partial charge is 0.381 e. The third-order valence-corrected chi connectivity index (χ3v) is 5.10. The summed E-state index contributed by atoms with van der Waals surface area (Å²) in [7, 11) is 0. The molecule has 0 spiro atoms. The molecule has 1 aromatic rings. The maximum Gasteiger partial charge on any atom is 0.251 e. The Balaban J connectivity index is 1.43. The molecule has 2 aliphatic rings. The van der Waals surface area contributed by atoms with Gasteiger partial charge in [-0.05, 0) is 49.4 Å². The number of carbonyl (C=O) groups is 1. The highest BCUT2D eigenvalue weighted by atomic mass is 79.9. The molecule has 0 radical (unpaired) electrons. The van der Waals surface area contributed by atoms with Crippen LogP contribution in [0.1, 0.15) is 29.6 Å². The number of rotatable bonds is 4. The molecule has 2 saturated heterocycles. The van der Waals surface area contributed by atoms with E-state index in [-0.39, 0.29) is 5.91 Å². The van der Waals surface area contributed by atoms with Crippen LogP contribution in [0.5, 0.6) is 0 Å². The van der Waals surface area contributed by atoms with Gasteiger partial charge in [-0.1, -0.05) is 15.9 Å². The number of piperidine rings is 1. The molecule has 2 aliphatic heterocycles. The zero-order chi connectivity index (χ0) is 15.4. The van der Waals surface area contributed by atoms with Crippen LogP contribution in [0.25, 0.3) is 0 Å². The van der Waals surface area contributed by atoms with Crippen molar-refractivity contribution in [3.05, 3.63) is 34.3 Å². The lowest BCUT2D eigenvalue weighted by Crippen LogP contribution is -2.45. The van der Waals surface area contributed by atoms with E-state index >= 15 is 0 Å². The minimum absolute atomic E-state index is 0.0372. The highest BCUT2D eigenvalue weighted by molar-refractivity contribution is 9.10. The lowest BCUT2D eigenvalue weighted by Gasteiger charge is -2.33. The Morgan fingerprint density at radius 3 is 2.59 bits per heavy atom. The summed E-state index contributed by atoms with van der Waals surface area (Å²) < 4.78 is 6.44.